The predicted octanol–water partition coefficient (Wildman–Crippen LogP) is 5.49. The number of benzene rings is 2. The first-order chi connectivity index (χ1) is 17.9. The highest BCUT2D eigenvalue weighted by molar-refractivity contribution is 6.30. The van der Waals surface area contributed by atoms with Crippen LogP contribution < -0.4 is 5.32 Å². The van der Waals surface area contributed by atoms with Crippen LogP contribution in [0.25, 0.3) is 0 Å². The van der Waals surface area contributed by atoms with E-state index in [0.717, 1.165) is 11.1 Å². The van der Waals surface area contributed by atoms with Gasteiger partial charge in [-0.1, -0.05) is 35.9 Å². The van der Waals surface area contributed by atoms with Crippen molar-refractivity contribution in [3.63, 3.8) is 0 Å². The van der Waals surface area contributed by atoms with Crippen LogP contribution in [0.1, 0.15) is 53.8 Å². The number of nitriles is 1. The largest absolute Gasteiger partial charge is 0.466 e. The Hall–Kier alpha value is -3.84. The number of alkyl halides is 3. The first-order valence-corrected chi connectivity index (χ1v) is 11.9. The van der Waals surface area contributed by atoms with Gasteiger partial charge in [-0.3, -0.25) is 9.59 Å². The van der Waals surface area contributed by atoms with Gasteiger partial charge in [0.15, 0.2) is 5.89 Å². The lowest BCUT2D eigenvalue weighted by atomic mass is 9.82. The lowest BCUT2D eigenvalue weighted by molar-refractivity contribution is -0.155. The fraction of sp³-hybridized carbons (Fsp3) is 0.333. The zero-order valence-corrected chi connectivity index (χ0v) is 21.6. The molecule has 200 valence electrons. The van der Waals surface area contributed by atoms with Crippen molar-refractivity contribution < 1.29 is 31.9 Å². The second-order valence-electron chi connectivity index (χ2n) is 9.08. The minimum atomic E-state index is -4.93. The van der Waals surface area contributed by atoms with Crippen molar-refractivity contribution in [1.29, 1.82) is 5.26 Å². The molecule has 7 nitrogen and oxygen atoms in total. The van der Waals surface area contributed by atoms with Gasteiger partial charge in [-0.05, 0) is 55.7 Å². The summed E-state index contributed by atoms with van der Waals surface area (Å²) in [6.07, 6.45) is -4.51. The normalized spacial score (nSPS) is 14.6. The first kappa shape index (κ1) is 28.7. The van der Waals surface area contributed by atoms with Crippen molar-refractivity contribution in [2.24, 2.45) is 0 Å². The van der Waals surface area contributed by atoms with Gasteiger partial charge in [0, 0.05) is 23.9 Å². The van der Waals surface area contributed by atoms with E-state index in [1.807, 2.05) is 18.2 Å². The Kier molecular flexibility index (Phi) is 8.84. The summed E-state index contributed by atoms with van der Waals surface area (Å²) in [5.41, 5.74) is -0.654. The molecule has 1 heterocycles. The minimum Gasteiger partial charge on any atom is -0.466 e. The molecule has 3 rings (SSSR count). The van der Waals surface area contributed by atoms with Gasteiger partial charge in [-0.15, -0.1) is 0 Å². The number of carbonyl (C=O) groups is 2. The summed E-state index contributed by atoms with van der Waals surface area (Å²) in [6.45, 7) is 3.49. The molecule has 38 heavy (non-hydrogen) atoms. The number of hydrogen-bond donors (Lipinski definition) is 1. The number of amides is 1. The van der Waals surface area contributed by atoms with Gasteiger partial charge in [0.2, 0.25) is 11.7 Å². The summed E-state index contributed by atoms with van der Waals surface area (Å²) < 4.78 is 50.7. The number of halogens is 4. The van der Waals surface area contributed by atoms with Gasteiger partial charge < -0.3 is 14.5 Å². The molecule has 1 unspecified atom stereocenters. The van der Waals surface area contributed by atoms with Crippen LogP contribution in [-0.2, 0) is 32.3 Å². The molecule has 0 bridgehead atoms. The van der Waals surface area contributed by atoms with Crippen molar-refractivity contribution in [3.8, 4) is 6.07 Å². The van der Waals surface area contributed by atoms with E-state index in [0.29, 0.717) is 17.0 Å². The molecule has 0 fully saturated rings. The third-order valence-corrected chi connectivity index (χ3v) is 6.48. The van der Waals surface area contributed by atoms with Crippen molar-refractivity contribution >= 4 is 24.0 Å². The molecule has 0 aliphatic heterocycles. The maximum absolute atomic E-state index is 13.7. The standard InChI is InChI=1S/C27H25ClF3N3O4/c1-16(22(12-18-7-9-21(28)10-8-18)20-6-4-5-19(11-20)13-32)33-25(36)26(3,14-37-15-35)23-24(27(29,30)31)38-17(2)34-23/h4-11,15-16,22H,12,14H2,1-3H3,(H,33,36)/t16-,22+,26?/m0/s1. The van der Waals surface area contributed by atoms with Gasteiger partial charge in [0.25, 0.3) is 6.47 Å². The molecule has 2 aromatic carbocycles. The molecule has 11 heteroatoms. The van der Waals surface area contributed by atoms with Crippen molar-refractivity contribution in [3.05, 3.63) is 87.6 Å². The van der Waals surface area contributed by atoms with Gasteiger partial charge in [0.1, 0.15) is 17.7 Å². The number of aromatic nitrogens is 1. The molecule has 0 aliphatic carbocycles. The van der Waals surface area contributed by atoms with E-state index in [1.165, 1.54) is 13.8 Å². The lowest BCUT2D eigenvalue weighted by Crippen LogP contribution is -2.51. The van der Waals surface area contributed by atoms with Crippen LogP contribution in [0, 0.1) is 18.3 Å². The molecule has 0 saturated heterocycles. The zero-order chi connectivity index (χ0) is 28.1. The average Bonchev–Trinajstić information content (AvgIpc) is 3.29. The van der Waals surface area contributed by atoms with Gasteiger partial charge in [-0.25, -0.2) is 4.98 Å². The van der Waals surface area contributed by atoms with Crippen molar-refractivity contribution in [1.82, 2.24) is 10.3 Å². The molecule has 0 saturated carbocycles. The van der Waals surface area contributed by atoms with Crippen LogP contribution in [0.3, 0.4) is 0 Å². The average molecular weight is 548 g/mol. The van der Waals surface area contributed by atoms with Crippen molar-refractivity contribution in [2.75, 3.05) is 6.61 Å². The van der Waals surface area contributed by atoms with E-state index in [-0.39, 0.29) is 18.3 Å². The highest BCUT2D eigenvalue weighted by Crippen LogP contribution is 2.39. The summed E-state index contributed by atoms with van der Waals surface area (Å²) in [7, 11) is 0. The fourth-order valence-electron chi connectivity index (χ4n) is 4.20. The number of nitrogens with zero attached hydrogens (tertiary/aromatic N) is 2. The summed E-state index contributed by atoms with van der Waals surface area (Å²) in [4.78, 5) is 28.4. The van der Waals surface area contributed by atoms with Crippen LogP contribution in [-0.4, -0.2) is 30.0 Å². The van der Waals surface area contributed by atoms with Gasteiger partial charge in [-0.2, -0.15) is 18.4 Å². The van der Waals surface area contributed by atoms with E-state index < -0.39 is 41.6 Å². The van der Waals surface area contributed by atoms with E-state index in [4.69, 9.17) is 20.8 Å². The minimum absolute atomic E-state index is 0.0475. The summed E-state index contributed by atoms with van der Waals surface area (Å²) in [5.74, 6) is -2.96. The number of oxazole rings is 1. The second-order valence-corrected chi connectivity index (χ2v) is 9.52. The van der Waals surface area contributed by atoms with Gasteiger partial charge >= 0.3 is 6.18 Å². The molecule has 0 radical (unpaired) electrons. The Morgan fingerprint density at radius 1 is 1.26 bits per heavy atom. The smallest absolute Gasteiger partial charge is 0.451 e. The van der Waals surface area contributed by atoms with Crippen LogP contribution in [0.2, 0.25) is 5.02 Å². The Balaban J connectivity index is 2.00. The lowest BCUT2D eigenvalue weighted by Gasteiger charge is -2.31. The number of carbonyl (C=O) groups excluding carboxylic acids is 2. The SMILES string of the molecule is Cc1nc(C(C)(COC=O)C(=O)N[C@@H](C)[C@@H](Cc2ccc(Cl)cc2)c2cccc(C#N)c2)c(C(F)(F)F)o1. The molecule has 3 atom stereocenters. The summed E-state index contributed by atoms with van der Waals surface area (Å²) in [6, 6.07) is 15.4. The molecule has 1 amide bonds. The first-order valence-electron chi connectivity index (χ1n) is 11.5. The predicted molar refractivity (Wildman–Crippen MR) is 132 cm³/mol. The summed E-state index contributed by atoms with van der Waals surface area (Å²) >= 11 is 6.01. The molecule has 3 aromatic rings. The maximum atomic E-state index is 13.7. The van der Waals surface area contributed by atoms with Crippen LogP contribution >= 0.6 is 11.6 Å². The molecular formula is C27H25ClF3N3O4. The second kappa shape index (κ2) is 11.7. The van der Waals surface area contributed by atoms with E-state index in [1.54, 1.807) is 37.3 Å². The van der Waals surface area contributed by atoms with E-state index >= 15 is 0 Å². The summed E-state index contributed by atoms with van der Waals surface area (Å²) in [5, 5.41) is 12.7. The maximum Gasteiger partial charge on any atom is 0.451 e. The highest BCUT2D eigenvalue weighted by Gasteiger charge is 2.49. The zero-order valence-electron chi connectivity index (χ0n) is 20.8. The van der Waals surface area contributed by atoms with Crippen LogP contribution in [0.5, 0.6) is 0 Å². The highest BCUT2D eigenvalue weighted by atomic mass is 35.5. The Bertz CT molecular complexity index is 1330. The van der Waals surface area contributed by atoms with E-state index in [9.17, 15) is 28.0 Å². The molecular weight excluding hydrogens is 523 g/mol. The van der Waals surface area contributed by atoms with Crippen LogP contribution in [0.4, 0.5) is 13.2 Å². The van der Waals surface area contributed by atoms with E-state index in [2.05, 4.69) is 16.4 Å². The monoisotopic (exact) mass is 547 g/mol. The van der Waals surface area contributed by atoms with Crippen molar-refractivity contribution in [2.45, 2.75) is 50.7 Å². The third-order valence-electron chi connectivity index (χ3n) is 6.23. The number of aryl methyl sites for hydroxylation is 1. The Labute approximate surface area is 222 Å². The Morgan fingerprint density at radius 2 is 1.95 bits per heavy atom. The number of nitrogens with one attached hydrogen (secondary N) is 1. The molecule has 1 N–H and O–H groups in total. The Morgan fingerprint density at radius 3 is 2.55 bits per heavy atom. The molecule has 0 aliphatic rings. The fourth-order valence-corrected chi connectivity index (χ4v) is 4.32. The number of hydrogen-bond acceptors (Lipinski definition) is 6. The molecule has 1 aromatic heterocycles. The van der Waals surface area contributed by atoms with Crippen LogP contribution in [0.15, 0.2) is 52.9 Å². The third kappa shape index (κ3) is 6.53. The molecule has 0 spiro atoms. The topological polar surface area (TPSA) is 105 Å². The quantitative estimate of drug-likeness (QED) is 0.337. The number of rotatable bonds is 10. The number of ether oxygens (including phenoxy) is 1. The van der Waals surface area contributed by atoms with Gasteiger partial charge in [0.05, 0.1) is 11.6 Å².